The number of rotatable bonds is 8. The van der Waals surface area contributed by atoms with Gasteiger partial charge in [0.1, 0.15) is 5.84 Å². The monoisotopic (exact) mass is 275 g/mol. The first-order valence-electron chi connectivity index (χ1n) is 7.64. The van der Waals surface area contributed by atoms with Crippen molar-refractivity contribution in [1.82, 2.24) is 10.2 Å². The molecule has 0 amide bonds. The Kier molecular flexibility index (Phi) is 6.21. The maximum absolute atomic E-state index is 8.50. The summed E-state index contributed by atoms with van der Waals surface area (Å²) in [5, 5.41) is 11.8. The van der Waals surface area contributed by atoms with Crippen LogP contribution in [0.5, 0.6) is 0 Å². The zero-order valence-electron chi connectivity index (χ0n) is 13.4. The van der Waals surface area contributed by atoms with Crippen LogP contribution in [0.1, 0.15) is 46.5 Å². The topological polar surface area (TPSA) is 39.1 Å². The van der Waals surface area contributed by atoms with E-state index in [1.54, 1.807) is 0 Å². The third kappa shape index (κ3) is 3.04. The van der Waals surface area contributed by atoms with Gasteiger partial charge >= 0.3 is 0 Å². The van der Waals surface area contributed by atoms with Crippen molar-refractivity contribution in [3.8, 4) is 0 Å². The van der Waals surface area contributed by atoms with Crippen LogP contribution < -0.4 is 5.32 Å². The summed E-state index contributed by atoms with van der Waals surface area (Å²) in [7, 11) is 1.99. The van der Waals surface area contributed by atoms with Gasteiger partial charge in [-0.15, -0.1) is 0 Å². The fourth-order valence-electron chi connectivity index (χ4n) is 3.01. The Morgan fingerprint density at radius 1 is 1.45 bits per heavy atom. The first-order chi connectivity index (χ1) is 9.60. The molecule has 0 aliphatic carbocycles. The Balaban J connectivity index is 3.21. The van der Waals surface area contributed by atoms with Crippen LogP contribution in [-0.2, 0) is 0 Å². The quantitative estimate of drug-likeness (QED) is 0.706. The normalized spacial score (nSPS) is 20.2. The van der Waals surface area contributed by atoms with Gasteiger partial charge in [-0.3, -0.25) is 5.41 Å². The molecule has 0 bridgehead atoms. The van der Waals surface area contributed by atoms with Crippen molar-refractivity contribution >= 4 is 5.84 Å². The second kappa shape index (κ2) is 7.44. The van der Waals surface area contributed by atoms with E-state index in [1.807, 2.05) is 26.1 Å². The number of likely N-dealkylation sites (N-methyl/N-ethyl adjacent to an activating group) is 1. The highest BCUT2D eigenvalue weighted by Gasteiger charge is 2.40. The third-order valence-electron chi connectivity index (χ3n) is 4.21. The molecule has 0 aromatic rings. The molecule has 0 fully saturated rings. The van der Waals surface area contributed by atoms with Gasteiger partial charge in [0, 0.05) is 17.8 Å². The fraction of sp³-hybridized carbons (Fsp3) is 0.588. The Bertz CT molecular complexity index is 420. The van der Waals surface area contributed by atoms with E-state index in [0.29, 0.717) is 5.84 Å². The smallest absolute Gasteiger partial charge is 0.132 e. The number of amidine groups is 1. The maximum Gasteiger partial charge on any atom is 0.132 e. The minimum Gasteiger partial charge on any atom is -0.319 e. The molecule has 1 rings (SSSR count). The van der Waals surface area contributed by atoms with E-state index in [9.17, 15) is 0 Å². The largest absolute Gasteiger partial charge is 0.319 e. The van der Waals surface area contributed by atoms with Gasteiger partial charge in [0.25, 0.3) is 0 Å². The Labute approximate surface area is 123 Å². The molecule has 1 aliphatic heterocycles. The average molecular weight is 275 g/mol. The zero-order chi connectivity index (χ0) is 15.2. The molecule has 1 atom stereocenters. The first-order valence-corrected chi connectivity index (χ1v) is 7.64. The molecule has 0 aromatic heterocycles. The third-order valence-corrected chi connectivity index (χ3v) is 4.21. The number of unbranched alkanes of at least 4 members (excludes halogenated alkanes) is 1. The van der Waals surface area contributed by atoms with Crippen LogP contribution in [0.4, 0.5) is 0 Å². The van der Waals surface area contributed by atoms with E-state index in [-0.39, 0.29) is 5.54 Å². The minimum atomic E-state index is -0.0351. The van der Waals surface area contributed by atoms with Crippen LogP contribution in [0.2, 0.25) is 0 Å². The molecule has 0 radical (unpaired) electrons. The van der Waals surface area contributed by atoms with Crippen molar-refractivity contribution in [3.63, 3.8) is 0 Å². The van der Waals surface area contributed by atoms with Crippen molar-refractivity contribution in [1.29, 1.82) is 5.41 Å². The van der Waals surface area contributed by atoms with Crippen LogP contribution in [0.3, 0.4) is 0 Å². The Morgan fingerprint density at radius 3 is 2.60 bits per heavy atom. The SMILES string of the molecule is C=CC1=C/C(=C/C)C(=N)N1C(CC)(CCCC)CNC. The molecule has 0 spiro atoms. The van der Waals surface area contributed by atoms with Crippen molar-refractivity contribution < 1.29 is 0 Å². The number of nitrogens with zero attached hydrogens (tertiary/aromatic N) is 1. The highest BCUT2D eigenvalue weighted by Crippen LogP contribution is 2.35. The molecule has 1 heterocycles. The van der Waals surface area contributed by atoms with E-state index in [1.165, 1.54) is 12.8 Å². The molecule has 0 saturated heterocycles. The van der Waals surface area contributed by atoms with Crippen molar-refractivity contribution in [2.45, 2.75) is 52.0 Å². The number of hydrogen-bond acceptors (Lipinski definition) is 2. The Hall–Kier alpha value is -1.35. The molecule has 1 aliphatic rings. The highest BCUT2D eigenvalue weighted by molar-refractivity contribution is 6.03. The Morgan fingerprint density at radius 2 is 2.15 bits per heavy atom. The van der Waals surface area contributed by atoms with Gasteiger partial charge < -0.3 is 10.2 Å². The molecule has 2 N–H and O–H groups in total. The predicted octanol–water partition coefficient (Wildman–Crippen LogP) is 3.85. The van der Waals surface area contributed by atoms with E-state index < -0.39 is 0 Å². The lowest BCUT2D eigenvalue weighted by Gasteiger charge is -2.44. The van der Waals surface area contributed by atoms with Gasteiger partial charge in [0.15, 0.2) is 0 Å². The zero-order valence-corrected chi connectivity index (χ0v) is 13.4. The van der Waals surface area contributed by atoms with Gasteiger partial charge in [-0.05, 0) is 39.0 Å². The summed E-state index contributed by atoms with van der Waals surface area (Å²) in [5.41, 5.74) is 2.01. The second-order valence-corrected chi connectivity index (χ2v) is 5.41. The van der Waals surface area contributed by atoms with E-state index in [0.717, 1.165) is 30.7 Å². The summed E-state index contributed by atoms with van der Waals surface area (Å²) in [6, 6.07) is 0. The average Bonchev–Trinajstić information content (AvgIpc) is 2.80. The van der Waals surface area contributed by atoms with Crippen LogP contribution in [0.15, 0.2) is 36.1 Å². The highest BCUT2D eigenvalue weighted by atomic mass is 15.3. The molecule has 1 unspecified atom stereocenters. The van der Waals surface area contributed by atoms with Gasteiger partial charge in [0.2, 0.25) is 0 Å². The van der Waals surface area contributed by atoms with Crippen molar-refractivity contribution in [3.05, 3.63) is 36.1 Å². The molecule has 0 aromatic carbocycles. The van der Waals surface area contributed by atoms with E-state index in [4.69, 9.17) is 5.41 Å². The maximum atomic E-state index is 8.50. The summed E-state index contributed by atoms with van der Waals surface area (Å²) in [6.45, 7) is 11.2. The summed E-state index contributed by atoms with van der Waals surface area (Å²) in [5.74, 6) is 0.607. The summed E-state index contributed by atoms with van der Waals surface area (Å²) in [4.78, 5) is 2.18. The number of nitrogens with one attached hydrogen (secondary N) is 2. The molecule has 20 heavy (non-hydrogen) atoms. The molecule has 112 valence electrons. The van der Waals surface area contributed by atoms with Gasteiger partial charge in [-0.25, -0.2) is 0 Å². The van der Waals surface area contributed by atoms with Crippen LogP contribution in [0.25, 0.3) is 0 Å². The minimum absolute atomic E-state index is 0.0351. The lowest BCUT2D eigenvalue weighted by Crippen LogP contribution is -2.54. The predicted molar refractivity (Wildman–Crippen MR) is 88.1 cm³/mol. The number of hydrogen-bond donors (Lipinski definition) is 2. The molecule has 3 nitrogen and oxygen atoms in total. The summed E-state index contributed by atoms with van der Waals surface area (Å²) >= 11 is 0. The summed E-state index contributed by atoms with van der Waals surface area (Å²) in [6.07, 6.45) is 10.4. The fourth-order valence-corrected chi connectivity index (χ4v) is 3.01. The molecular formula is C17H29N3. The van der Waals surface area contributed by atoms with Crippen molar-refractivity contribution in [2.75, 3.05) is 13.6 Å². The molecule has 3 heteroatoms. The van der Waals surface area contributed by atoms with Crippen LogP contribution in [-0.4, -0.2) is 29.9 Å². The van der Waals surface area contributed by atoms with Gasteiger partial charge in [-0.2, -0.15) is 0 Å². The van der Waals surface area contributed by atoms with E-state index in [2.05, 4.69) is 36.7 Å². The lowest BCUT2D eigenvalue weighted by molar-refractivity contribution is 0.187. The second-order valence-electron chi connectivity index (χ2n) is 5.41. The molecule has 0 saturated carbocycles. The lowest BCUT2D eigenvalue weighted by atomic mass is 9.87. The van der Waals surface area contributed by atoms with Gasteiger partial charge in [0.05, 0.1) is 5.54 Å². The van der Waals surface area contributed by atoms with E-state index >= 15 is 0 Å². The summed E-state index contributed by atoms with van der Waals surface area (Å²) < 4.78 is 0. The van der Waals surface area contributed by atoms with Crippen LogP contribution >= 0.6 is 0 Å². The van der Waals surface area contributed by atoms with Crippen LogP contribution in [0, 0.1) is 5.41 Å². The number of allylic oxidation sites excluding steroid dienone is 2. The standard InChI is InChI=1S/C17H29N3/c1-6-10-11-17(9-4,13-19-5)20-15(8-3)12-14(7-2)16(20)18/h7-8,12,18-19H,3,6,9-11,13H2,1-2,4-5H3/b14-7-,18-16?. The van der Waals surface area contributed by atoms with Crippen molar-refractivity contribution in [2.24, 2.45) is 0 Å². The van der Waals surface area contributed by atoms with Gasteiger partial charge in [-0.1, -0.05) is 39.3 Å². The first kappa shape index (κ1) is 16.7. The molecular weight excluding hydrogens is 246 g/mol.